The zero-order valence-corrected chi connectivity index (χ0v) is 16.6. The van der Waals surface area contributed by atoms with Crippen molar-refractivity contribution in [3.63, 3.8) is 0 Å². The lowest BCUT2D eigenvalue weighted by molar-refractivity contribution is 0.101. The minimum absolute atomic E-state index is 0.143. The fraction of sp³-hybridized carbons (Fsp3) is 0.174. The van der Waals surface area contributed by atoms with Crippen molar-refractivity contribution in [1.29, 1.82) is 0 Å². The van der Waals surface area contributed by atoms with Gasteiger partial charge in [-0.05, 0) is 36.6 Å². The Morgan fingerprint density at radius 3 is 2.04 bits per heavy atom. The molecule has 0 spiro atoms. The Morgan fingerprint density at radius 2 is 1.43 bits per heavy atom. The lowest BCUT2D eigenvalue weighted by Gasteiger charge is -2.23. The van der Waals surface area contributed by atoms with Crippen LogP contribution in [0.2, 0.25) is 0 Å². The largest absolute Gasteiger partial charge is 0.295 e. The van der Waals surface area contributed by atoms with Crippen molar-refractivity contribution in [3.05, 3.63) is 102 Å². The smallest absolute Gasteiger partial charge is 0.243 e. The predicted octanol–water partition coefficient (Wildman–Crippen LogP) is 4.32. The Kier molecular flexibility index (Phi) is 6.39. The van der Waals surface area contributed by atoms with Crippen LogP contribution in [0.15, 0.2) is 89.8 Å². The van der Waals surface area contributed by atoms with Gasteiger partial charge in [-0.2, -0.15) is 4.31 Å². The van der Waals surface area contributed by atoms with E-state index in [9.17, 15) is 13.2 Å². The summed E-state index contributed by atoms with van der Waals surface area (Å²) in [6, 6.07) is 25.6. The SMILES string of the molecule is CC(=O)c1cccc(S(=O)(=O)N(CCc2ccccc2)Cc2ccccc2)c1. The molecule has 0 aliphatic rings. The highest BCUT2D eigenvalue weighted by molar-refractivity contribution is 7.89. The Labute approximate surface area is 166 Å². The highest BCUT2D eigenvalue weighted by Gasteiger charge is 2.25. The van der Waals surface area contributed by atoms with Gasteiger partial charge in [-0.1, -0.05) is 72.8 Å². The number of hydrogen-bond donors (Lipinski definition) is 0. The van der Waals surface area contributed by atoms with E-state index in [4.69, 9.17) is 0 Å². The summed E-state index contributed by atoms with van der Waals surface area (Å²) in [7, 11) is -3.74. The normalized spacial score (nSPS) is 11.5. The molecule has 0 atom stereocenters. The molecule has 0 saturated heterocycles. The lowest BCUT2D eigenvalue weighted by Crippen LogP contribution is -2.32. The summed E-state index contributed by atoms with van der Waals surface area (Å²) in [4.78, 5) is 11.8. The van der Waals surface area contributed by atoms with Crippen molar-refractivity contribution in [3.8, 4) is 0 Å². The van der Waals surface area contributed by atoms with Crippen molar-refractivity contribution >= 4 is 15.8 Å². The van der Waals surface area contributed by atoms with Gasteiger partial charge in [0.15, 0.2) is 5.78 Å². The number of nitrogens with zero attached hydrogens (tertiary/aromatic N) is 1. The average molecular weight is 394 g/mol. The van der Waals surface area contributed by atoms with E-state index in [1.54, 1.807) is 18.2 Å². The maximum Gasteiger partial charge on any atom is 0.243 e. The van der Waals surface area contributed by atoms with Gasteiger partial charge >= 0.3 is 0 Å². The first-order valence-electron chi connectivity index (χ1n) is 9.16. The third-order valence-electron chi connectivity index (χ3n) is 4.57. The zero-order chi connectivity index (χ0) is 20.0. The highest BCUT2D eigenvalue weighted by atomic mass is 32.2. The summed E-state index contributed by atoms with van der Waals surface area (Å²) in [5.41, 5.74) is 2.39. The van der Waals surface area contributed by atoms with Gasteiger partial charge < -0.3 is 0 Å². The monoisotopic (exact) mass is 393 g/mol. The molecule has 0 aromatic heterocycles. The number of carbonyl (C=O) groups is 1. The predicted molar refractivity (Wildman–Crippen MR) is 111 cm³/mol. The first kappa shape index (κ1) is 20.0. The Bertz CT molecular complexity index is 1030. The third kappa shape index (κ3) is 4.94. The van der Waals surface area contributed by atoms with E-state index in [0.29, 0.717) is 18.5 Å². The molecule has 28 heavy (non-hydrogen) atoms. The van der Waals surface area contributed by atoms with E-state index in [1.807, 2.05) is 60.7 Å². The number of sulfonamides is 1. The minimum atomic E-state index is -3.74. The Balaban J connectivity index is 1.91. The third-order valence-corrected chi connectivity index (χ3v) is 6.41. The van der Waals surface area contributed by atoms with Crippen LogP contribution in [0.5, 0.6) is 0 Å². The highest BCUT2D eigenvalue weighted by Crippen LogP contribution is 2.20. The number of hydrogen-bond acceptors (Lipinski definition) is 3. The van der Waals surface area contributed by atoms with Gasteiger partial charge in [-0.15, -0.1) is 0 Å². The summed E-state index contributed by atoms with van der Waals surface area (Å²) in [5, 5.41) is 0. The van der Waals surface area contributed by atoms with E-state index >= 15 is 0 Å². The fourth-order valence-corrected chi connectivity index (χ4v) is 4.47. The van der Waals surface area contributed by atoms with Gasteiger partial charge in [0.05, 0.1) is 4.90 Å². The van der Waals surface area contributed by atoms with Crippen molar-refractivity contribution < 1.29 is 13.2 Å². The van der Waals surface area contributed by atoms with Crippen LogP contribution >= 0.6 is 0 Å². The molecule has 5 heteroatoms. The van der Waals surface area contributed by atoms with Crippen LogP contribution in [-0.4, -0.2) is 25.1 Å². The molecule has 0 unspecified atom stereocenters. The van der Waals surface area contributed by atoms with Crippen molar-refractivity contribution in [2.75, 3.05) is 6.54 Å². The van der Waals surface area contributed by atoms with Crippen LogP contribution in [0.4, 0.5) is 0 Å². The molecule has 3 aromatic carbocycles. The van der Waals surface area contributed by atoms with Gasteiger partial charge in [0.1, 0.15) is 0 Å². The molecule has 0 aliphatic heterocycles. The van der Waals surface area contributed by atoms with Gasteiger partial charge in [0.2, 0.25) is 10.0 Å². The van der Waals surface area contributed by atoms with Crippen LogP contribution in [0.1, 0.15) is 28.4 Å². The standard InChI is InChI=1S/C23H23NO3S/c1-19(25)22-13-8-14-23(17-22)28(26,27)24(18-21-11-6-3-7-12-21)16-15-20-9-4-2-5-10-20/h2-14,17H,15-16,18H2,1H3. The summed E-state index contributed by atoms with van der Waals surface area (Å²) in [5.74, 6) is -0.157. The molecule has 0 aliphatic carbocycles. The van der Waals surface area contributed by atoms with E-state index in [2.05, 4.69) is 0 Å². The summed E-state index contributed by atoms with van der Waals surface area (Å²) in [6.45, 7) is 2.06. The number of ketones is 1. The van der Waals surface area contributed by atoms with Crippen molar-refractivity contribution in [2.45, 2.75) is 24.8 Å². The first-order chi connectivity index (χ1) is 13.5. The number of carbonyl (C=O) groups excluding carboxylic acids is 1. The van der Waals surface area contributed by atoms with Gasteiger partial charge in [-0.25, -0.2) is 8.42 Å². The molecule has 0 amide bonds. The second kappa shape index (κ2) is 8.95. The van der Waals surface area contributed by atoms with Gasteiger partial charge in [0, 0.05) is 18.7 Å². The second-order valence-corrected chi connectivity index (χ2v) is 8.58. The maximum atomic E-state index is 13.3. The van der Waals surface area contributed by atoms with E-state index in [1.165, 1.54) is 17.3 Å². The molecule has 0 radical (unpaired) electrons. The summed E-state index contributed by atoms with van der Waals surface area (Å²) < 4.78 is 28.2. The first-order valence-corrected chi connectivity index (χ1v) is 10.6. The van der Waals surface area contributed by atoms with Crippen LogP contribution in [0, 0.1) is 0 Å². The topological polar surface area (TPSA) is 54.5 Å². The second-order valence-electron chi connectivity index (χ2n) is 6.64. The minimum Gasteiger partial charge on any atom is -0.295 e. The molecule has 144 valence electrons. The van der Waals surface area contributed by atoms with E-state index in [-0.39, 0.29) is 17.2 Å². The molecule has 0 bridgehead atoms. The van der Waals surface area contributed by atoms with E-state index in [0.717, 1.165) is 11.1 Å². The molecular formula is C23H23NO3S. The number of Topliss-reactive ketones (excluding diaryl/α,β-unsaturated/α-hetero) is 1. The molecule has 0 saturated carbocycles. The van der Waals surface area contributed by atoms with Crippen molar-refractivity contribution in [1.82, 2.24) is 4.31 Å². The summed E-state index contributed by atoms with van der Waals surface area (Å²) in [6.07, 6.45) is 0.610. The molecule has 0 fully saturated rings. The Hall–Kier alpha value is -2.76. The van der Waals surface area contributed by atoms with Crippen LogP contribution in [-0.2, 0) is 23.0 Å². The van der Waals surface area contributed by atoms with E-state index < -0.39 is 10.0 Å². The molecule has 3 rings (SSSR count). The van der Waals surface area contributed by atoms with Gasteiger partial charge in [0.25, 0.3) is 0 Å². The zero-order valence-electron chi connectivity index (χ0n) is 15.8. The molecular weight excluding hydrogens is 370 g/mol. The summed E-state index contributed by atoms with van der Waals surface area (Å²) >= 11 is 0. The number of rotatable bonds is 8. The van der Waals surface area contributed by atoms with Crippen LogP contribution in [0.25, 0.3) is 0 Å². The average Bonchev–Trinajstić information content (AvgIpc) is 2.72. The molecule has 0 N–H and O–H groups in total. The van der Waals surface area contributed by atoms with Gasteiger partial charge in [-0.3, -0.25) is 4.79 Å². The van der Waals surface area contributed by atoms with Crippen LogP contribution in [0.3, 0.4) is 0 Å². The van der Waals surface area contributed by atoms with Crippen LogP contribution < -0.4 is 0 Å². The fourth-order valence-electron chi connectivity index (χ4n) is 2.99. The molecule has 0 heterocycles. The lowest BCUT2D eigenvalue weighted by atomic mass is 10.1. The molecule has 3 aromatic rings. The Morgan fingerprint density at radius 1 is 0.821 bits per heavy atom. The van der Waals surface area contributed by atoms with Crippen molar-refractivity contribution in [2.24, 2.45) is 0 Å². The quantitative estimate of drug-likeness (QED) is 0.536. The molecule has 4 nitrogen and oxygen atoms in total. The number of benzene rings is 3. The maximum absolute atomic E-state index is 13.3.